The van der Waals surface area contributed by atoms with Gasteiger partial charge < -0.3 is 15.2 Å². The van der Waals surface area contributed by atoms with Crippen LogP contribution in [-0.2, 0) is 16.5 Å². The maximum atomic E-state index is 13.5. The van der Waals surface area contributed by atoms with E-state index in [1.807, 2.05) is 0 Å². The quantitative estimate of drug-likeness (QED) is 0.175. The summed E-state index contributed by atoms with van der Waals surface area (Å²) in [7, 11) is -4.63. The SMILES string of the molecule is CCOc1ccc(Cl)cc1NC(=O)c1cc2ccccc2c(N=Nc2cc(S(=O)(=O)O)c(Cl)cc2CC)c1[O-].[Na+]. The monoisotopic (exact) mass is 609 g/mol. The second kappa shape index (κ2) is 13.3. The van der Waals surface area contributed by atoms with Crippen LogP contribution >= 0.6 is 23.2 Å². The Labute approximate surface area is 263 Å². The average Bonchev–Trinajstić information content (AvgIpc) is 2.89. The Morgan fingerprint density at radius 3 is 2.45 bits per heavy atom. The summed E-state index contributed by atoms with van der Waals surface area (Å²) in [6, 6.07) is 15.4. The first-order valence-electron chi connectivity index (χ1n) is 11.7. The Hall–Kier alpha value is -2.70. The maximum absolute atomic E-state index is 13.5. The third-order valence-electron chi connectivity index (χ3n) is 5.76. The summed E-state index contributed by atoms with van der Waals surface area (Å²) >= 11 is 12.1. The summed E-state index contributed by atoms with van der Waals surface area (Å²) in [5.74, 6) is -1.02. The first kappa shape index (κ1) is 31.8. The van der Waals surface area contributed by atoms with Gasteiger partial charge in [-0.3, -0.25) is 9.35 Å². The first-order valence-corrected chi connectivity index (χ1v) is 13.9. The van der Waals surface area contributed by atoms with Crippen molar-refractivity contribution in [2.45, 2.75) is 25.2 Å². The number of hydrogen-bond donors (Lipinski definition) is 2. The fourth-order valence-corrected chi connectivity index (χ4v) is 5.13. The van der Waals surface area contributed by atoms with E-state index in [9.17, 15) is 22.9 Å². The molecule has 4 aromatic carbocycles. The number of nitrogens with one attached hydrogen (secondary N) is 1. The van der Waals surface area contributed by atoms with E-state index in [1.54, 1.807) is 50.2 Å². The van der Waals surface area contributed by atoms with Crippen LogP contribution in [-0.4, -0.2) is 25.5 Å². The summed E-state index contributed by atoms with van der Waals surface area (Å²) in [6.45, 7) is 3.94. The number of benzene rings is 4. The molecule has 0 spiro atoms. The largest absolute Gasteiger partial charge is 1.00 e. The standard InChI is InChI=1S/C27H23Cl2N3O6S.Na/c1-3-15-12-20(29)24(39(35,36)37)14-21(15)31-32-25-18-8-6-5-7-16(18)11-19(26(25)33)27(34)30-22-13-17(28)9-10-23(22)38-4-2;/h5-14,33H,3-4H2,1-2H3,(H,30,34)(H,35,36,37);/q;+1/p-1. The molecule has 0 aliphatic carbocycles. The van der Waals surface area contributed by atoms with Crippen LogP contribution in [0.5, 0.6) is 11.5 Å². The molecule has 0 aliphatic rings. The number of ether oxygens (including phenoxy) is 1. The molecule has 0 aromatic heterocycles. The Morgan fingerprint density at radius 2 is 1.77 bits per heavy atom. The minimum absolute atomic E-state index is 0. The van der Waals surface area contributed by atoms with Crippen LogP contribution in [0.1, 0.15) is 29.8 Å². The van der Waals surface area contributed by atoms with Gasteiger partial charge in [0.15, 0.2) is 0 Å². The van der Waals surface area contributed by atoms with Crippen molar-refractivity contribution in [2.24, 2.45) is 10.2 Å². The number of amides is 1. The molecule has 2 N–H and O–H groups in total. The Balaban J connectivity index is 0.00000441. The number of rotatable bonds is 8. The number of hydrogen-bond acceptors (Lipinski definition) is 7. The van der Waals surface area contributed by atoms with Gasteiger partial charge in [0.05, 0.1) is 28.7 Å². The number of nitrogens with zero attached hydrogens (tertiary/aromatic N) is 2. The molecular formula is C27H22Cl2N3NaO6S. The molecule has 0 atom stereocenters. The van der Waals surface area contributed by atoms with E-state index in [0.717, 1.165) is 6.07 Å². The summed E-state index contributed by atoms with van der Waals surface area (Å²) in [5.41, 5.74) is 0.589. The van der Waals surface area contributed by atoms with Gasteiger partial charge in [-0.1, -0.05) is 60.1 Å². The molecule has 40 heavy (non-hydrogen) atoms. The molecule has 0 bridgehead atoms. The number of azo groups is 1. The molecule has 0 unspecified atom stereocenters. The predicted molar refractivity (Wildman–Crippen MR) is 149 cm³/mol. The van der Waals surface area contributed by atoms with Gasteiger partial charge in [-0.05, 0) is 60.7 Å². The van der Waals surface area contributed by atoms with Gasteiger partial charge in [0.2, 0.25) is 0 Å². The molecule has 4 rings (SSSR count). The van der Waals surface area contributed by atoms with E-state index in [-0.39, 0.29) is 57.2 Å². The minimum atomic E-state index is -4.63. The Kier molecular flexibility index (Phi) is 10.6. The van der Waals surface area contributed by atoms with Gasteiger partial charge in [0.25, 0.3) is 16.0 Å². The van der Waals surface area contributed by atoms with Crippen molar-refractivity contribution in [2.75, 3.05) is 11.9 Å². The molecule has 0 saturated carbocycles. The molecule has 1 amide bonds. The molecule has 4 aromatic rings. The summed E-state index contributed by atoms with van der Waals surface area (Å²) < 4.78 is 38.6. The summed E-state index contributed by atoms with van der Waals surface area (Å²) in [4.78, 5) is 12.7. The maximum Gasteiger partial charge on any atom is 1.00 e. The summed E-state index contributed by atoms with van der Waals surface area (Å²) in [6.07, 6.45) is 0.412. The molecular weight excluding hydrogens is 588 g/mol. The smallest absolute Gasteiger partial charge is 0.870 e. The Morgan fingerprint density at radius 1 is 1.05 bits per heavy atom. The molecule has 0 saturated heterocycles. The predicted octanol–water partition coefficient (Wildman–Crippen LogP) is 4.10. The van der Waals surface area contributed by atoms with E-state index < -0.39 is 26.7 Å². The van der Waals surface area contributed by atoms with Crippen LogP contribution in [0.25, 0.3) is 10.8 Å². The third kappa shape index (κ3) is 6.95. The minimum Gasteiger partial charge on any atom is -0.870 e. The van der Waals surface area contributed by atoms with Crippen LogP contribution in [0.15, 0.2) is 75.8 Å². The fraction of sp³-hybridized carbons (Fsp3) is 0.148. The van der Waals surface area contributed by atoms with Crippen LogP contribution in [0.3, 0.4) is 0 Å². The Bertz CT molecular complexity index is 1730. The molecule has 202 valence electrons. The number of carbonyl (C=O) groups is 1. The van der Waals surface area contributed by atoms with E-state index in [1.165, 1.54) is 18.2 Å². The second-order valence-electron chi connectivity index (χ2n) is 8.29. The van der Waals surface area contributed by atoms with Gasteiger partial charge >= 0.3 is 29.6 Å². The van der Waals surface area contributed by atoms with Gasteiger partial charge in [-0.2, -0.15) is 18.6 Å². The van der Waals surface area contributed by atoms with E-state index >= 15 is 0 Å². The van der Waals surface area contributed by atoms with Crippen molar-refractivity contribution in [1.29, 1.82) is 0 Å². The normalized spacial score (nSPS) is 11.4. The van der Waals surface area contributed by atoms with Gasteiger partial charge in [-0.25, -0.2) is 0 Å². The fourth-order valence-electron chi connectivity index (χ4n) is 3.91. The van der Waals surface area contributed by atoms with Crippen molar-refractivity contribution >= 4 is 67.1 Å². The van der Waals surface area contributed by atoms with Crippen molar-refractivity contribution in [3.63, 3.8) is 0 Å². The van der Waals surface area contributed by atoms with Crippen LogP contribution in [0, 0.1) is 0 Å². The molecule has 13 heteroatoms. The third-order valence-corrected chi connectivity index (χ3v) is 7.31. The molecule has 0 heterocycles. The van der Waals surface area contributed by atoms with Crippen molar-refractivity contribution in [3.05, 3.63) is 81.8 Å². The van der Waals surface area contributed by atoms with Gasteiger partial charge in [0, 0.05) is 16.0 Å². The van der Waals surface area contributed by atoms with Gasteiger partial charge in [0.1, 0.15) is 10.6 Å². The number of aryl methyl sites for hydroxylation is 1. The molecule has 9 nitrogen and oxygen atoms in total. The van der Waals surface area contributed by atoms with E-state index in [4.69, 9.17) is 27.9 Å². The van der Waals surface area contributed by atoms with Crippen LogP contribution < -0.4 is 44.7 Å². The zero-order valence-electron chi connectivity index (χ0n) is 21.7. The summed E-state index contributed by atoms with van der Waals surface area (Å²) in [5, 5.41) is 25.6. The zero-order chi connectivity index (χ0) is 28.3. The average molecular weight is 610 g/mol. The number of anilines is 1. The van der Waals surface area contributed by atoms with Gasteiger partial charge in [-0.15, -0.1) is 0 Å². The molecule has 0 aliphatic heterocycles. The molecule has 0 radical (unpaired) electrons. The first-order chi connectivity index (χ1) is 18.5. The van der Waals surface area contributed by atoms with E-state index in [0.29, 0.717) is 40.1 Å². The number of fused-ring (bicyclic) bond motifs is 1. The van der Waals surface area contributed by atoms with E-state index in [2.05, 4.69) is 15.5 Å². The molecule has 0 fully saturated rings. The van der Waals surface area contributed by atoms with Crippen LogP contribution in [0.4, 0.5) is 17.1 Å². The number of halogens is 2. The van der Waals surface area contributed by atoms with Crippen molar-refractivity contribution < 1.29 is 57.2 Å². The topological polar surface area (TPSA) is 140 Å². The van der Waals surface area contributed by atoms with Crippen LogP contribution in [0.2, 0.25) is 10.0 Å². The van der Waals surface area contributed by atoms with Crippen molar-refractivity contribution in [3.8, 4) is 11.5 Å². The van der Waals surface area contributed by atoms with Crippen molar-refractivity contribution in [1.82, 2.24) is 0 Å². The second-order valence-corrected chi connectivity index (χ2v) is 10.5. The number of carbonyl (C=O) groups excluding carboxylic acids is 1. The zero-order valence-corrected chi connectivity index (χ0v) is 26.1.